The summed E-state index contributed by atoms with van der Waals surface area (Å²) in [6.45, 7) is 2.58. The Balaban J connectivity index is 1.23. The number of ether oxygens (including phenoxy) is 1. The average Bonchev–Trinajstić information content (AvgIpc) is 3.13. The first-order valence-corrected chi connectivity index (χ1v) is 11.2. The topological polar surface area (TPSA) is 96.7 Å². The van der Waals surface area contributed by atoms with Crippen LogP contribution in [-0.4, -0.2) is 47.7 Å². The van der Waals surface area contributed by atoms with Crippen LogP contribution in [0.2, 0.25) is 0 Å². The van der Waals surface area contributed by atoms with Gasteiger partial charge in [-0.25, -0.2) is 4.79 Å². The molecule has 1 heterocycles. The molecule has 2 unspecified atom stereocenters. The number of nitrogens with two attached hydrogens (primary N) is 1. The molecule has 7 nitrogen and oxygen atoms in total. The highest BCUT2D eigenvalue weighted by molar-refractivity contribution is 5.79. The highest BCUT2D eigenvalue weighted by Gasteiger charge is 2.59. The van der Waals surface area contributed by atoms with E-state index >= 15 is 0 Å². The van der Waals surface area contributed by atoms with Crippen molar-refractivity contribution in [2.75, 3.05) is 19.6 Å². The van der Waals surface area contributed by atoms with Gasteiger partial charge in [-0.2, -0.15) is 0 Å². The number of carbonyl (C=O) groups excluding carboxylic acids is 2. The minimum absolute atomic E-state index is 0.0968. The third-order valence-corrected chi connectivity index (χ3v) is 7.54. The second-order valence-electron chi connectivity index (χ2n) is 9.90. The summed E-state index contributed by atoms with van der Waals surface area (Å²) in [5.41, 5.74) is 7.49. The maximum Gasteiger partial charge on any atom is 0.407 e. The molecule has 7 heteroatoms. The number of nitrogens with zero attached hydrogens (tertiary/aromatic N) is 1. The Kier molecular flexibility index (Phi) is 4.98. The summed E-state index contributed by atoms with van der Waals surface area (Å²) in [7, 11) is 0. The number of nitrogens with one attached hydrogen (secondary N) is 2. The number of fused-ring (bicyclic) bond motifs is 1. The average molecular weight is 413 g/mol. The van der Waals surface area contributed by atoms with Crippen LogP contribution >= 0.6 is 0 Å². The van der Waals surface area contributed by atoms with Crippen molar-refractivity contribution in [1.29, 1.82) is 0 Å². The smallest absolute Gasteiger partial charge is 0.407 e. The van der Waals surface area contributed by atoms with Gasteiger partial charge in [-0.15, -0.1) is 0 Å². The van der Waals surface area contributed by atoms with Crippen molar-refractivity contribution in [1.82, 2.24) is 15.5 Å². The zero-order valence-electron chi connectivity index (χ0n) is 17.5. The van der Waals surface area contributed by atoms with Crippen LogP contribution < -0.4 is 16.4 Å². The molecule has 4 saturated carbocycles. The van der Waals surface area contributed by atoms with E-state index in [0.29, 0.717) is 44.6 Å². The van der Waals surface area contributed by atoms with Crippen LogP contribution in [0, 0.1) is 11.8 Å². The summed E-state index contributed by atoms with van der Waals surface area (Å²) in [6.07, 6.45) is 5.70. The predicted molar refractivity (Wildman–Crippen MR) is 112 cm³/mol. The maximum absolute atomic E-state index is 12.9. The van der Waals surface area contributed by atoms with Crippen molar-refractivity contribution < 1.29 is 14.3 Å². The summed E-state index contributed by atoms with van der Waals surface area (Å²) >= 11 is 0. The molecule has 5 aliphatic rings. The first kappa shape index (κ1) is 19.8. The second-order valence-corrected chi connectivity index (χ2v) is 9.90. The Hall–Kier alpha value is -2.12. The molecular formula is C23H32N4O3. The van der Waals surface area contributed by atoms with Crippen molar-refractivity contribution in [2.24, 2.45) is 17.6 Å². The molecule has 162 valence electrons. The lowest BCUT2D eigenvalue weighted by Crippen LogP contribution is -2.66. The van der Waals surface area contributed by atoms with Crippen LogP contribution in [0.1, 0.15) is 49.7 Å². The van der Waals surface area contributed by atoms with Gasteiger partial charge in [0, 0.05) is 38.1 Å². The third-order valence-electron chi connectivity index (χ3n) is 7.54. The van der Waals surface area contributed by atoms with Crippen LogP contribution in [0.25, 0.3) is 0 Å². The van der Waals surface area contributed by atoms with E-state index in [2.05, 4.69) is 22.8 Å². The molecule has 6 rings (SSSR count). The molecule has 4 aliphatic carbocycles. The van der Waals surface area contributed by atoms with Gasteiger partial charge in [0.2, 0.25) is 5.91 Å². The molecule has 4 N–H and O–H groups in total. The lowest BCUT2D eigenvalue weighted by Gasteiger charge is -2.61. The number of benzene rings is 1. The van der Waals surface area contributed by atoms with Crippen LogP contribution in [0.3, 0.4) is 0 Å². The Bertz CT molecular complexity index is 802. The van der Waals surface area contributed by atoms with E-state index in [9.17, 15) is 9.59 Å². The van der Waals surface area contributed by atoms with E-state index in [-0.39, 0.29) is 17.5 Å². The zero-order valence-corrected chi connectivity index (χ0v) is 17.5. The van der Waals surface area contributed by atoms with Gasteiger partial charge in [0.1, 0.15) is 5.60 Å². The van der Waals surface area contributed by atoms with E-state index in [1.165, 1.54) is 17.5 Å². The third kappa shape index (κ3) is 3.69. The van der Waals surface area contributed by atoms with E-state index in [1.54, 1.807) is 0 Å². The van der Waals surface area contributed by atoms with Gasteiger partial charge < -0.3 is 26.0 Å². The molecule has 0 saturated heterocycles. The normalized spacial score (nSPS) is 33.4. The molecule has 2 amide bonds. The van der Waals surface area contributed by atoms with Crippen molar-refractivity contribution in [3.63, 3.8) is 0 Å². The molecule has 2 atom stereocenters. The van der Waals surface area contributed by atoms with Gasteiger partial charge in [0.25, 0.3) is 0 Å². The van der Waals surface area contributed by atoms with E-state index in [1.807, 2.05) is 17.0 Å². The molecule has 30 heavy (non-hydrogen) atoms. The number of carbonyl (C=O) groups is 2. The van der Waals surface area contributed by atoms with Crippen molar-refractivity contribution in [3.8, 4) is 0 Å². The van der Waals surface area contributed by atoms with Crippen LogP contribution in [0.15, 0.2) is 24.3 Å². The lowest BCUT2D eigenvalue weighted by molar-refractivity contribution is -0.148. The number of rotatable bonds is 6. The molecule has 4 fully saturated rings. The molecule has 1 aromatic rings. The second kappa shape index (κ2) is 7.54. The minimum Gasteiger partial charge on any atom is -0.443 e. The lowest BCUT2D eigenvalue weighted by atomic mass is 9.51. The fourth-order valence-corrected chi connectivity index (χ4v) is 6.80. The molecule has 1 aromatic carbocycles. The van der Waals surface area contributed by atoms with Crippen molar-refractivity contribution in [3.05, 3.63) is 35.4 Å². The molecule has 1 aliphatic heterocycles. The minimum atomic E-state index is -0.400. The summed E-state index contributed by atoms with van der Waals surface area (Å²) in [5, 5.41) is 6.40. The molecule has 4 bridgehead atoms. The van der Waals surface area contributed by atoms with Gasteiger partial charge in [-0.3, -0.25) is 4.79 Å². The summed E-state index contributed by atoms with van der Waals surface area (Å²) in [6, 6.07) is 8.27. The fourth-order valence-electron chi connectivity index (χ4n) is 6.80. The van der Waals surface area contributed by atoms with Crippen LogP contribution in [0.4, 0.5) is 4.79 Å². The van der Waals surface area contributed by atoms with Gasteiger partial charge in [0.05, 0.1) is 6.54 Å². The number of hydrogen-bond donors (Lipinski definition) is 3. The summed E-state index contributed by atoms with van der Waals surface area (Å²) in [4.78, 5) is 27.1. The fraction of sp³-hybridized carbons (Fsp3) is 0.652. The monoisotopic (exact) mass is 412 g/mol. The maximum atomic E-state index is 12.9. The number of alkyl carbamates (subject to hydrolysis) is 1. The van der Waals surface area contributed by atoms with E-state index in [4.69, 9.17) is 10.5 Å². The first-order chi connectivity index (χ1) is 14.5. The highest BCUT2D eigenvalue weighted by Crippen LogP contribution is 2.58. The summed E-state index contributed by atoms with van der Waals surface area (Å²) < 4.78 is 5.99. The zero-order chi connectivity index (χ0) is 20.8. The quantitative estimate of drug-likeness (QED) is 0.663. The molecular weight excluding hydrogens is 380 g/mol. The van der Waals surface area contributed by atoms with Crippen LogP contribution in [-0.2, 0) is 22.6 Å². The first-order valence-electron chi connectivity index (χ1n) is 11.2. The Morgan fingerprint density at radius 1 is 1.10 bits per heavy atom. The van der Waals surface area contributed by atoms with E-state index in [0.717, 1.165) is 32.1 Å². The molecule has 0 aromatic heterocycles. The van der Waals surface area contributed by atoms with Gasteiger partial charge in [0.15, 0.2) is 0 Å². The van der Waals surface area contributed by atoms with Gasteiger partial charge >= 0.3 is 6.09 Å². The van der Waals surface area contributed by atoms with Gasteiger partial charge in [-0.05, 0) is 55.1 Å². The predicted octanol–water partition coefficient (Wildman–Crippen LogP) is 1.89. The Morgan fingerprint density at radius 3 is 2.40 bits per heavy atom. The van der Waals surface area contributed by atoms with E-state index < -0.39 is 5.60 Å². The standard InChI is InChI=1S/C23H32N4O3/c24-5-6-25-21(29)30-23-10-16-7-17(11-23)9-22(8-16,15-23)26-12-20(28)27-13-18-3-1-2-4-19(18)14-27/h1-4,16-17,26H,5-15,24H2,(H,25,29). The molecule has 0 spiro atoms. The molecule has 0 radical (unpaired) electrons. The highest BCUT2D eigenvalue weighted by atomic mass is 16.6. The number of amides is 2. The Morgan fingerprint density at radius 2 is 1.77 bits per heavy atom. The van der Waals surface area contributed by atoms with Crippen molar-refractivity contribution >= 4 is 12.0 Å². The van der Waals surface area contributed by atoms with Crippen molar-refractivity contribution in [2.45, 2.75) is 62.8 Å². The number of hydrogen-bond acceptors (Lipinski definition) is 5. The SMILES string of the molecule is NCCNC(=O)OC12CC3CC(CC(NCC(=O)N4Cc5ccccc5C4)(C3)C1)C2. The van der Waals surface area contributed by atoms with Crippen LogP contribution in [0.5, 0.6) is 0 Å². The largest absolute Gasteiger partial charge is 0.443 e. The van der Waals surface area contributed by atoms with Gasteiger partial charge in [-0.1, -0.05) is 24.3 Å². The Labute approximate surface area is 177 Å². The summed E-state index contributed by atoms with van der Waals surface area (Å²) in [5.74, 6) is 1.28.